The second-order valence-electron chi connectivity index (χ2n) is 4.28. The van der Waals surface area contributed by atoms with Gasteiger partial charge in [-0.25, -0.2) is 13.9 Å². The molecule has 98 valence electrons. The van der Waals surface area contributed by atoms with Crippen molar-refractivity contribution in [1.82, 2.24) is 14.6 Å². The van der Waals surface area contributed by atoms with Crippen molar-refractivity contribution >= 4 is 16.3 Å². The van der Waals surface area contributed by atoms with Gasteiger partial charge < -0.3 is 5.73 Å². The third-order valence-electron chi connectivity index (χ3n) is 2.93. The molecule has 0 spiro atoms. The molecule has 19 heavy (non-hydrogen) atoms. The Bertz CT molecular complexity index is 704. The number of hydrogen-bond donors (Lipinski definition) is 1. The van der Waals surface area contributed by atoms with Crippen LogP contribution < -0.4 is 5.73 Å². The van der Waals surface area contributed by atoms with Crippen LogP contribution in [0.4, 0.5) is 4.39 Å². The van der Waals surface area contributed by atoms with Gasteiger partial charge in [-0.3, -0.25) is 0 Å². The maximum Gasteiger partial charge on any atom is 0.212 e. The van der Waals surface area contributed by atoms with E-state index in [1.54, 1.807) is 16.6 Å². The van der Waals surface area contributed by atoms with Gasteiger partial charge in [0.25, 0.3) is 0 Å². The van der Waals surface area contributed by atoms with Crippen molar-refractivity contribution in [2.75, 3.05) is 0 Å². The van der Waals surface area contributed by atoms with Crippen LogP contribution in [0.2, 0.25) is 0 Å². The molecule has 0 amide bonds. The van der Waals surface area contributed by atoms with Crippen LogP contribution in [0.1, 0.15) is 17.1 Å². The summed E-state index contributed by atoms with van der Waals surface area (Å²) in [7, 11) is 0. The van der Waals surface area contributed by atoms with Crippen molar-refractivity contribution in [2.45, 2.75) is 19.4 Å². The Balaban J connectivity index is 1.76. The number of halogens is 1. The van der Waals surface area contributed by atoms with Gasteiger partial charge in [0.05, 0.1) is 5.69 Å². The largest absolute Gasteiger partial charge is 0.325 e. The Morgan fingerprint density at radius 3 is 3.00 bits per heavy atom. The molecule has 2 heterocycles. The third-order valence-corrected chi connectivity index (χ3v) is 3.79. The molecule has 2 aromatic heterocycles. The fourth-order valence-corrected chi connectivity index (χ4v) is 2.81. The van der Waals surface area contributed by atoms with Gasteiger partial charge in [0, 0.05) is 18.3 Å². The molecule has 2 N–H and O–H groups in total. The van der Waals surface area contributed by atoms with Crippen molar-refractivity contribution in [3.63, 3.8) is 0 Å². The van der Waals surface area contributed by atoms with E-state index in [0.717, 1.165) is 28.5 Å². The summed E-state index contributed by atoms with van der Waals surface area (Å²) in [6, 6.07) is 6.62. The second kappa shape index (κ2) is 5.07. The summed E-state index contributed by atoms with van der Waals surface area (Å²) in [5, 5.41) is 6.39. The number of thiazole rings is 1. The van der Waals surface area contributed by atoms with Crippen LogP contribution in [0.15, 0.2) is 29.6 Å². The van der Waals surface area contributed by atoms with Crippen molar-refractivity contribution in [3.05, 3.63) is 52.5 Å². The lowest BCUT2D eigenvalue weighted by Crippen LogP contribution is -2.02. The van der Waals surface area contributed by atoms with Crippen LogP contribution in [0.3, 0.4) is 0 Å². The second-order valence-corrected chi connectivity index (χ2v) is 5.12. The van der Waals surface area contributed by atoms with Gasteiger partial charge in [-0.05, 0) is 24.1 Å². The SMILES string of the molecule is NCc1csc2nc(CCc3cccc(F)c3)nn12. The van der Waals surface area contributed by atoms with Crippen LogP contribution in [-0.2, 0) is 19.4 Å². The third kappa shape index (κ3) is 2.50. The van der Waals surface area contributed by atoms with Gasteiger partial charge in [0.2, 0.25) is 4.96 Å². The first-order valence-corrected chi connectivity index (χ1v) is 6.91. The Morgan fingerprint density at radius 1 is 1.32 bits per heavy atom. The standard InChI is InChI=1S/C13H13FN4S/c14-10-3-1-2-9(6-10)4-5-12-16-13-18(17-12)11(7-15)8-19-13/h1-3,6,8H,4-5,7,15H2. The van der Waals surface area contributed by atoms with Crippen LogP contribution in [-0.4, -0.2) is 14.6 Å². The molecule has 0 fully saturated rings. The topological polar surface area (TPSA) is 56.2 Å². The lowest BCUT2D eigenvalue weighted by molar-refractivity contribution is 0.625. The van der Waals surface area contributed by atoms with Gasteiger partial charge in [-0.1, -0.05) is 12.1 Å². The summed E-state index contributed by atoms with van der Waals surface area (Å²) in [4.78, 5) is 5.30. The summed E-state index contributed by atoms with van der Waals surface area (Å²) in [5.41, 5.74) is 7.55. The number of aryl methyl sites for hydroxylation is 2. The molecule has 0 saturated carbocycles. The van der Waals surface area contributed by atoms with Crippen LogP contribution in [0, 0.1) is 5.82 Å². The van der Waals surface area contributed by atoms with Crippen LogP contribution >= 0.6 is 11.3 Å². The molecule has 0 aliphatic heterocycles. The van der Waals surface area contributed by atoms with E-state index in [9.17, 15) is 4.39 Å². The molecule has 0 bridgehead atoms. The van der Waals surface area contributed by atoms with E-state index in [1.807, 2.05) is 11.4 Å². The fraction of sp³-hybridized carbons (Fsp3) is 0.231. The molecule has 0 unspecified atom stereocenters. The van der Waals surface area contributed by atoms with E-state index < -0.39 is 0 Å². The highest BCUT2D eigenvalue weighted by atomic mass is 32.1. The fourth-order valence-electron chi connectivity index (χ4n) is 1.96. The van der Waals surface area contributed by atoms with E-state index in [4.69, 9.17) is 5.73 Å². The van der Waals surface area contributed by atoms with Crippen molar-refractivity contribution in [3.8, 4) is 0 Å². The Labute approximate surface area is 113 Å². The smallest absolute Gasteiger partial charge is 0.212 e. The van der Waals surface area contributed by atoms with Crippen molar-refractivity contribution < 1.29 is 4.39 Å². The molecule has 4 nitrogen and oxygen atoms in total. The van der Waals surface area contributed by atoms with Gasteiger partial charge in [-0.2, -0.15) is 5.10 Å². The zero-order chi connectivity index (χ0) is 13.2. The Morgan fingerprint density at radius 2 is 2.21 bits per heavy atom. The average molecular weight is 276 g/mol. The lowest BCUT2D eigenvalue weighted by Gasteiger charge is -1.98. The molecule has 6 heteroatoms. The van der Waals surface area contributed by atoms with E-state index in [-0.39, 0.29) is 5.82 Å². The molecule has 0 aliphatic rings. The number of aromatic nitrogens is 3. The maximum atomic E-state index is 13.1. The molecular formula is C13H13FN4S. The van der Waals surface area contributed by atoms with Crippen molar-refractivity contribution in [1.29, 1.82) is 0 Å². The molecule has 3 rings (SSSR count). The predicted octanol–water partition coefficient (Wildman–Crippen LogP) is 2.17. The minimum Gasteiger partial charge on any atom is -0.325 e. The molecule has 0 atom stereocenters. The minimum absolute atomic E-state index is 0.207. The predicted molar refractivity (Wildman–Crippen MR) is 72.6 cm³/mol. The lowest BCUT2D eigenvalue weighted by atomic mass is 10.1. The number of nitrogens with zero attached hydrogens (tertiary/aromatic N) is 3. The molecule has 1 aromatic carbocycles. The Kier molecular flexibility index (Phi) is 3.27. The average Bonchev–Trinajstić information content (AvgIpc) is 2.95. The molecule has 3 aromatic rings. The highest BCUT2D eigenvalue weighted by Crippen LogP contribution is 2.15. The quantitative estimate of drug-likeness (QED) is 0.794. The van der Waals surface area contributed by atoms with Crippen LogP contribution in [0.25, 0.3) is 4.96 Å². The zero-order valence-electron chi connectivity index (χ0n) is 10.2. The highest BCUT2D eigenvalue weighted by Gasteiger charge is 2.09. The molecular weight excluding hydrogens is 263 g/mol. The van der Waals surface area contributed by atoms with Gasteiger partial charge >= 0.3 is 0 Å². The van der Waals surface area contributed by atoms with Gasteiger partial charge in [0.15, 0.2) is 5.82 Å². The molecule has 0 radical (unpaired) electrons. The van der Waals surface area contributed by atoms with Gasteiger partial charge in [-0.15, -0.1) is 11.3 Å². The summed E-state index contributed by atoms with van der Waals surface area (Å²) >= 11 is 1.53. The number of hydrogen-bond acceptors (Lipinski definition) is 4. The first-order valence-electron chi connectivity index (χ1n) is 6.03. The summed E-state index contributed by atoms with van der Waals surface area (Å²) < 4.78 is 14.8. The summed E-state index contributed by atoms with van der Waals surface area (Å²) in [6.07, 6.45) is 1.43. The molecule has 0 aliphatic carbocycles. The number of benzene rings is 1. The monoisotopic (exact) mass is 276 g/mol. The highest BCUT2D eigenvalue weighted by molar-refractivity contribution is 7.15. The van der Waals surface area contributed by atoms with E-state index in [1.165, 1.54) is 17.4 Å². The maximum absolute atomic E-state index is 13.1. The van der Waals surface area contributed by atoms with E-state index in [2.05, 4.69) is 10.1 Å². The number of rotatable bonds is 4. The molecule has 0 saturated heterocycles. The first kappa shape index (κ1) is 12.3. The number of nitrogens with two attached hydrogens (primary N) is 1. The number of fused-ring (bicyclic) bond motifs is 1. The van der Waals surface area contributed by atoms with E-state index in [0.29, 0.717) is 13.0 Å². The first-order chi connectivity index (χ1) is 9.26. The normalized spacial score (nSPS) is 11.3. The van der Waals surface area contributed by atoms with Gasteiger partial charge in [0.1, 0.15) is 5.82 Å². The van der Waals surface area contributed by atoms with Crippen molar-refractivity contribution in [2.24, 2.45) is 5.73 Å². The summed E-state index contributed by atoms with van der Waals surface area (Å²) in [6.45, 7) is 0.451. The Hall–Kier alpha value is -1.79. The van der Waals surface area contributed by atoms with E-state index >= 15 is 0 Å². The summed E-state index contributed by atoms with van der Waals surface area (Å²) in [5.74, 6) is 0.563. The minimum atomic E-state index is -0.207. The zero-order valence-corrected chi connectivity index (χ0v) is 11.0. The van der Waals surface area contributed by atoms with Crippen LogP contribution in [0.5, 0.6) is 0 Å².